The number of amides is 1. The molecule has 1 aliphatic heterocycles. The fourth-order valence-corrected chi connectivity index (χ4v) is 3.48. The molecule has 0 spiro atoms. The van der Waals surface area contributed by atoms with Gasteiger partial charge in [0.05, 0.1) is 6.61 Å². The van der Waals surface area contributed by atoms with E-state index < -0.39 is 0 Å². The Hall–Kier alpha value is -1.36. The number of hydrogen-bond donors (Lipinski definition) is 1. The van der Waals surface area contributed by atoms with Crippen LogP contribution in [0.4, 0.5) is 5.69 Å². The predicted molar refractivity (Wildman–Crippen MR) is 84.5 cm³/mol. The lowest BCUT2D eigenvalue weighted by molar-refractivity contribution is 0.0747. The van der Waals surface area contributed by atoms with Crippen LogP contribution in [0.25, 0.3) is 0 Å². The van der Waals surface area contributed by atoms with Crippen molar-refractivity contribution >= 4 is 23.4 Å². The van der Waals surface area contributed by atoms with Crippen LogP contribution in [0.15, 0.2) is 18.2 Å². The van der Waals surface area contributed by atoms with E-state index in [1.54, 1.807) is 18.2 Å². The van der Waals surface area contributed by atoms with Crippen molar-refractivity contribution in [1.82, 2.24) is 4.90 Å². The summed E-state index contributed by atoms with van der Waals surface area (Å²) in [5.41, 5.74) is 7.02. The number of ether oxygens (including phenoxy) is 1. The van der Waals surface area contributed by atoms with E-state index in [0.29, 0.717) is 23.6 Å². The number of benzene rings is 1. The Kier molecular flexibility index (Phi) is 4.48. The van der Waals surface area contributed by atoms with Crippen LogP contribution < -0.4 is 10.5 Å². The molecule has 20 heavy (non-hydrogen) atoms. The molecule has 1 heterocycles. The Balaban J connectivity index is 2.20. The molecule has 0 saturated carbocycles. The molecule has 0 atom stereocenters. The summed E-state index contributed by atoms with van der Waals surface area (Å²) < 4.78 is 5.56. The van der Waals surface area contributed by atoms with Gasteiger partial charge in [-0.15, -0.1) is 0 Å². The largest absolute Gasteiger partial charge is 0.494 e. The topological polar surface area (TPSA) is 55.6 Å². The summed E-state index contributed by atoms with van der Waals surface area (Å²) in [4.78, 5) is 14.5. The number of nitrogens with two attached hydrogens (primary N) is 1. The Morgan fingerprint density at radius 2 is 2.20 bits per heavy atom. The van der Waals surface area contributed by atoms with Crippen molar-refractivity contribution < 1.29 is 9.53 Å². The van der Waals surface area contributed by atoms with Crippen LogP contribution in [0.5, 0.6) is 5.75 Å². The number of carbonyl (C=O) groups is 1. The van der Waals surface area contributed by atoms with Gasteiger partial charge in [0.1, 0.15) is 5.75 Å². The molecule has 2 N–H and O–H groups in total. The third kappa shape index (κ3) is 3.60. The van der Waals surface area contributed by atoms with Gasteiger partial charge in [0.15, 0.2) is 0 Å². The number of anilines is 1. The first-order valence-corrected chi connectivity index (χ1v) is 7.86. The average Bonchev–Trinajstić information content (AvgIpc) is 2.36. The molecule has 1 saturated heterocycles. The summed E-state index contributed by atoms with van der Waals surface area (Å²) in [5, 5.41) is 0. The van der Waals surface area contributed by atoms with Gasteiger partial charge in [-0.05, 0) is 32.9 Å². The molecule has 110 valence electrons. The second kappa shape index (κ2) is 5.95. The molecule has 0 aromatic heterocycles. The first-order chi connectivity index (χ1) is 9.41. The third-order valence-corrected chi connectivity index (χ3v) is 4.50. The SMILES string of the molecule is CCOc1cc(N)cc(C(=O)N2CCSC(C)(C)C2)c1. The Labute approximate surface area is 124 Å². The second-order valence-electron chi connectivity index (χ2n) is 5.56. The fourth-order valence-electron chi connectivity index (χ4n) is 2.37. The minimum absolute atomic E-state index is 0.0339. The first kappa shape index (κ1) is 15.0. The van der Waals surface area contributed by atoms with Gasteiger partial charge in [-0.25, -0.2) is 0 Å². The van der Waals surface area contributed by atoms with E-state index in [4.69, 9.17) is 10.5 Å². The molecular weight excluding hydrogens is 272 g/mol. The van der Waals surface area contributed by atoms with Crippen LogP contribution in [-0.4, -0.2) is 41.0 Å². The lowest BCUT2D eigenvalue weighted by atomic mass is 10.1. The molecule has 0 bridgehead atoms. The number of nitrogens with zero attached hydrogens (tertiary/aromatic N) is 1. The highest BCUT2D eigenvalue weighted by molar-refractivity contribution is 8.00. The molecule has 0 aliphatic carbocycles. The van der Waals surface area contributed by atoms with Crippen molar-refractivity contribution in [3.05, 3.63) is 23.8 Å². The summed E-state index contributed by atoms with van der Waals surface area (Å²) in [6.07, 6.45) is 0. The van der Waals surface area contributed by atoms with E-state index in [2.05, 4.69) is 13.8 Å². The van der Waals surface area contributed by atoms with Crippen LogP contribution in [0.1, 0.15) is 31.1 Å². The molecule has 0 radical (unpaired) electrons. The minimum Gasteiger partial charge on any atom is -0.494 e. The number of thioether (sulfide) groups is 1. The molecule has 4 nitrogen and oxygen atoms in total. The van der Waals surface area contributed by atoms with Crippen LogP contribution in [0.2, 0.25) is 0 Å². The van der Waals surface area contributed by atoms with Crippen molar-refractivity contribution in [2.45, 2.75) is 25.5 Å². The maximum Gasteiger partial charge on any atom is 0.254 e. The van der Waals surface area contributed by atoms with Gasteiger partial charge in [-0.2, -0.15) is 11.8 Å². The van der Waals surface area contributed by atoms with Crippen LogP contribution >= 0.6 is 11.8 Å². The summed E-state index contributed by atoms with van der Waals surface area (Å²) >= 11 is 1.91. The Bertz CT molecular complexity index is 503. The molecule has 1 aliphatic rings. The molecule has 5 heteroatoms. The quantitative estimate of drug-likeness (QED) is 0.871. The van der Waals surface area contributed by atoms with Gasteiger partial charge in [0.2, 0.25) is 0 Å². The van der Waals surface area contributed by atoms with Gasteiger partial charge in [0.25, 0.3) is 5.91 Å². The maximum atomic E-state index is 12.6. The number of rotatable bonds is 3. The standard InChI is InChI=1S/C15H22N2O2S/c1-4-19-13-8-11(7-12(16)9-13)14(18)17-5-6-20-15(2,3)10-17/h7-9H,4-6,10,16H2,1-3H3. The lowest BCUT2D eigenvalue weighted by Crippen LogP contribution is -2.46. The van der Waals surface area contributed by atoms with Gasteiger partial charge in [-0.3, -0.25) is 4.79 Å². The first-order valence-electron chi connectivity index (χ1n) is 6.88. The molecule has 1 fully saturated rings. The zero-order chi connectivity index (χ0) is 14.8. The maximum absolute atomic E-state index is 12.6. The lowest BCUT2D eigenvalue weighted by Gasteiger charge is -2.37. The summed E-state index contributed by atoms with van der Waals surface area (Å²) in [7, 11) is 0. The summed E-state index contributed by atoms with van der Waals surface area (Å²) in [6.45, 7) is 8.35. The number of carbonyl (C=O) groups excluding carboxylic acids is 1. The Morgan fingerprint density at radius 3 is 2.85 bits per heavy atom. The van der Waals surface area contributed by atoms with E-state index >= 15 is 0 Å². The van der Waals surface area contributed by atoms with Crippen molar-refractivity contribution in [3.63, 3.8) is 0 Å². The minimum atomic E-state index is 0.0339. The van der Waals surface area contributed by atoms with Gasteiger partial charge < -0.3 is 15.4 Å². The molecule has 1 aromatic carbocycles. The fraction of sp³-hybridized carbons (Fsp3) is 0.533. The van der Waals surface area contributed by atoms with E-state index in [1.807, 2.05) is 23.6 Å². The molecule has 1 amide bonds. The number of nitrogen functional groups attached to an aromatic ring is 1. The van der Waals surface area contributed by atoms with E-state index in [9.17, 15) is 4.79 Å². The summed E-state index contributed by atoms with van der Waals surface area (Å²) in [6, 6.07) is 5.24. The van der Waals surface area contributed by atoms with Gasteiger partial charge in [0, 0.05) is 40.9 Å². The molecule has 1 aromatic rings. The van der Waals surface area contributed by atoms with Crippen molar-refractivity contribution in [3.8, 4) is 5.75 Å². The summed E-state index contributed by atoms with van der Waals surface area (Å²) in [5.74, 6) is 1.66. The molecular formula is C15H22N2O2S. The molecule has 0 unspecified atom stereocenters. The monoisotopic (exact) mass is 294 g/mol. The van der Waals surface area contributed by atoms with Crippen LogP contribution in [-0.2, 0) is 0 Å². The third-order valence-electron chi connectivity index (χ3n) is 3.20. The normalized spacial score (nSPS) is 17.9. The smallest absolute Gasteiger partial charge is 0.254 e. The van der Waals surface area contributed by atoms with Crippen LogP contribution in [0.3, 0.4) is 0 Å². The predicted octanol–water partition coefficient (Wildman–Crippen LogP) is 2.64. The number of hydrogen-bond acceptors (Lipinski definition) is 4. The van der Waals surface area contributed by atoms with E-state index in [0.717, 1.165) is 18.8 Å². The zero-order valence-electron chi connectivity index (χ0n) is 12.3. The second-order valence-corrected chi connectivity index (χ2v) is 7.36. The highest BCUT2D eigenvalue weighted by Crippen LogP contribution is 2.30. The van der Waals surface area contributed by atoms with E-state index in [1.165, 1.54) is 0 Å². The van der Waals surface area contributed by atoms with Gasteiger partial charge in [-0.1, -0.05) is 0 Å². The van der Waals surface area contributed by atoms with Crippen molar-refractivity contribution in [2.24, 2.45) is 0 Å². The highest BCUT2D eigenvalue weighted by Gasteiger charge is 2.30. The van der Waals surface area contributed by atoms with Crippen molar-refractivity contribution in [2.75, 3.05) is 31.2 Å². The highest BCUT2D eigenvalue weighted by atomic mass is 32.2. The van der Waals surface area contributed by atoms with Crippen LogP contribution in [0, 0.1) is 0 Å². The van der Waals surface area contributed by atoms with E-state index in [-0.39, 0.29) is 10.7 Å². The average molecular weight is 294 g/mol. The van der Waals surface area contributed by atoms with Crippen molar-refractivity contribution in [1.29, 1.82) is 0 Å². The molecule has 2 rings (SSSR count). The zero-order valence-corrected chi connectivity index (χ0v) is 13.1. The Morgan fingerprint density at radius 1 is 1.45 bits per heavy atom. The van der Waals surface area contributed by atoms with Gasteiger partial charge >= 0.3 is 0 Å².